The van der Waals surface area contributed by atoms with Crippen molar-refractivity contribution in [2.75, 3.05) is 11.9 Å². The highest BCUT2D eigenvalue weighted by Gasteiger charge is 2.16. The molecular formula is C12H19N3O. The van der Waals surface area contributed by atoms with Gasteiger partial charge in [0.1, 0.15) is 0 Å². The summed E-state index contributed by atoms with van der Waals surface area (Å²) in [6.07, 6.45) is 0.648. The van der Waals surface area contributed by atoms with Crippen LogP contribution in [0.15, 0.2) is 35.3 Å². The molecule has 88 valence electrons. The number of aliphatic imine (C=N–C) groups is 1. The number of anilines is 1. The maximum atomic E-state index is 9.75. The number of nitrogens with two attached hydrogens (primary N) is 1. The molecule has 16 heavy (non-hydrogen) atoms. The second-order valence-electron chi connectivity index (χ2n) is 4.04. The first-order valence-corrected chi connectivity index (χ1v) is 5.38. The quantitative estimate of drug-likeness (QED) is 0.534. The van der Waals surface area contributed by atoms with E-state index in [1.807, 2.05) is 37.3 Å². The molecule has 0 aliphatic carbocycles. The van der Waals surface area contributed by atoms with Gasteiger partial charge in [0.05, 0.1) is 12.1 Å². The van der Waals surface area contributed by atoms with Gasteiger partial charge < -0.3 is 16.2 Å². The summed E-state index contributed by atoms with van der Waals surface area (Å²) in [5.41, 5.74) is 5.80. The van der Waals surface area contributed by atoms with Crippen LogP contribution in [0, 0.1) is 0 Å². The molecule has 0 saturated carbocycles. The number of hydrogen-bond acceptors (Lipinski definition) is 2. The largest absolute Gasteiger partial charge is 0.388 e. The zero-order valence-corrected chi connectivity index (χ0v) is 9.77. The monoisotopic (exact) mass is 221 g/mol. The van der Waals surface area contributed by atoms with Gasteiger partial charge >= 0.3 is 0 Å². The summed E-state index contributed by atoms with van der Waals surface area (Å²) in [6.45, 7) is 3.96. The van der Waals surface area contributed by atoms with E-state index in [0.717, 1.165) is 5.69 Å². The Morgan fingerprint density at radius 1 is 1.44 bits per heavy atom. The third-order valence-electron chi connectivity index (χ3n) is 2.40. The van der Waals surface area contributed by atoms with Crippen LogP contribution in [0.5, 0.6) is 0 Å². The number of guanidine groups is 1. The van der Waals surface area contributed by atoms with E-state index in [0.29, 0.717) is 18.9 Å². The molecule has 4 heteroatoms. The molecule has 0 spiro atoms. The minimum Gasteiger partial charge on any atom is -0.388 e. The molecule has 0 amide bonds. The van der Waals surface area contributed by atoms with Crippen molar-refractivity contribution in [3.8, 4) is 0 Å². The van der Waals surface area contributed by atoms with Crippen molar-refractivity contribution < 1.29 is 5.11 Å². The Bertz CT molecular complexity index is 347. The van der Waals surface area contributed by atoms with E-state index in [4.69, 9.17) is 5.73 Å². The summed E-state index contributed by atoms with van der Waals surface area (Å²) in [5, 5.41) is 12.7. The van der Waals surface area contributed by atoms with Gasteiger partial charge in [0, 0.05) is 5.69 Å². The van der Waals surface area contributed by atoms with E-state index in [1.54, 1.807) is 6.92 Å². The van der Waals surface area contributed by atoms with Gasteiger partial charge in [0.2, 0.25) is 0 Å². The van der Waals surface area contributed by atoms with Crippen LogP contribution in [-0.2, 0) is 0 Å². The summed E-state index contributed by atoms with van der Waals surface area (Å²) in [5.74, 6) is 0.319. The van der Waals surface area contributed by atoms with Crippen LogP contribution >= 0.6 is 0 Å². The topological polar surface area (TPSA) is 70.6 Å². The number of benzene rings is 1. The van der Waals surface area contributed by atoms with Gasteiger partial charge in [-0.25, -0.2) is 0 Å². The van der Waals surface area contributed by atoms with Gasteiger partial charge in [-0.05, 0) is 25.5 Å². The second-order valence-corrected chi connectivity index (χ2v) is 4.04. The highest BCUT2D eigenvalue weighted by molar-refractivity contribution is 5.92. The Morgan fingerprint density at radius 2 is 2.06 bits per heavy atom. The molecule has 0 fully saturated rings. The van der Waals surface area contributed by atoms with Gasteiger partial charge in [0.25, 0.3) is 0 Å². The molecule has 4 nitrogen and oxygen atoms in total. The number of nitrogens with one attached hydrogen (secondary N) is 1. The Labute approximate surface area is 96.2 Å². The molecule has 0 aromatic heterocycles. The first-order valence-electron chi connectivity index (χ1n) is 5.38. The second kappa shape index (κ2) is 5.51. The highest BCUT2D eigenvalue weighted by atomic mass is 16.3. The van der Waals surface area contributed by atoms with Crippen molar-refractivity contribution in [1.82, 2.24) is 0 Å². The lowest BCUT2D eigenvalue weighted by Crippen LogP contribution is -2.30. The van der Waals surface area contributed by atoms with Crippen LogP contribution in [0.3, 0.4) is 0 Å². The molecule has 1 aromatic rings. The summed E-state index contributed by atoms with van der Waals surface area (Å²) < 4.78 is 0. The third-order valence-corrected chi connectivity index (χ3v) is 2.40. The average Bonchev–Trinajstić information content (AvgIpc) is 2.28. The van der Waals surface area contributed by atoms with E-state index < -0.39 is 5.60 Å². The fraction of sp³-hybridized carbons (Fsp3) is 0.417. The normalized spacial score (nSPS) is 15.6. The third kappa shape index (κ3) is 4.31. The molecule has 1 aromatic carbocycles. The van der Waals surface area contributed by atoms with Gasteiger partial charge in [0.15, 0.2) is 5.96 Å². The van der Waals surface area contributed by atoms with E-state index in [-0.39, 0.29) is 0 Å². The maximum absolute atomic E-state index is 9.75. The van der Waals surface area contributed by atoms with Gasteiger partial charge in [-0.3, -0.25) is 4.99 Å². The summed E-state index contributed by atoms with van der Waals surface area (Å²) in [4.78, 5) is 4.10. The van der Waals surface area contributed by atoms with Gasteiger partial charge in [-0.15, -0.1) is 0 Å². The van der Waals surface area contributed by atoms with Crippen molar-refractivity contribution >= 4 is 11.6 Å². The smallest absolute Gasteiger partial charge is 0.193 e. The number of nitrogens with zero attached hydrogens (tertiary/aromatic N) is 1. The average molecular weight is 221 g/mol. The molecule has 0 bridgehead atoms. The van der Waals surface area contributed by atoms with Crippen molar-refractivity contribution in [3.05, 3.63) is 30.3 Å². The summed E-state index contributed by atoms with van der Waals surface area (Å²) in [6, 6.07) is 9.57. The Morgan fingerprint density at radius 3 is 2.62 bits per heavy atom. The van der Waals surface area contributed by atoms with Crippen molar-refractivity contribution in [2.45, 2.75) is 25.9 Å². The number of para-hydroxylation sites is 1. The van der Waals surface area contributed by atoms with Crippen LogP contribution in [0.1, 0.15) is 20.3 Å². The molecule has 1 unspecified atom stereocenters. The predicted molar refractivity (Wildman–Crippen MR) is 67.5 cm³/mol. The first kappa shape index (κ1) is 12.5. The Kier molecular flexibility index (Phi) is 4.31. The highest BCUT2D eigenvalue weighted by Crippen LogP contribution is 2.09. The molecule has 0 aliphatic heterocycles. The lowest BCUT2D eigenvalue weighted by atomic mass is 10.1. The van der Waals surface area contributed by atoms with E-state index in [1.165, 1.54) is 0 Å². The Balaban J connectivity index is 2.53. The van der Waals surface area contributed by atoms with Crippen molar-refractivity contribution in [1.29, 1.82) is 0 Å². The van der Waals surface area contributed by atoms with E-state index >= 15 is 0 Å². The van der Waals surface area contributed by atoms with Crippen LogP contribution in [0.4, 0.5) is 5.69 Å². The summed E-state index contributed by atoms with van der Waals surface area (Å²) >= 11 is 0. The molecule has 0 heterocycles. The molecule has 1 atom stereocenters. The predicted octanol–water partition coefficient (Wildman–Crippen LogP) is 1.57. The fourth-order valence-electron chi connectivity index (χ4n) is 1.08. The van der Waals surface area contributed by atoms with Crippen molar-refractivity contribution in [2.24, 2.45) is 10.7 Å². The lowest BCUT2D eigenvalue weighted by Gasteiger charge is -2.18. The number of aliphatic hydroxyl groups is 1. The van der Waals surface area contributed by atoms with Crippen LogP contribution in [0.2, 0.25) is 0 Å². The van der Waals surface area contributed by atoms with E-state index in [2.05, 4.69) is 10.3 Å². The summed E-state index contributed by atoms with van der Waals surface area (Å²) in [7, 11) is 0. The zero-order chi connectivity index (χ0) is 12.0. The molecular weight excluding hydrogens is 202 g/mol. The Hall–Kier alpha value is -1.55. The molecule has 0 saturated heterocycles. The van der Waals surface area contributed by atoms with Crippen molar-refractivity contribution in [3.63, 3.8) is 0 Å². The fourth-order valence-corrected chi connectivity index (χ4v) is 1.08. The molecule has 1 rings (SSSR count). The van der Waals surface area contributed by atoms with E-state index in [9.17, 15) is 5.11 Å². The van der Waals surface area contributed by atoms with Crippen LogP contribution in [-0.4, -0.2) is 23.2 Å². The number of hydrogen-bond donors (Lipinski definition) is 3. The standard InChI is InChI=1S/C12H19N3O/c1-3-12(2,16)9-14-11(13)15-10-7-5-4-6-8-10/h4-8,16H,3,9H2,1-2H3,(H3,13,14,15). The molecule has 4 N–H and O–H groups in total. The zero-order valence-electron chi connectivity index (χ0n) is 9.77. The molecule has 0 aliphatic rings. The van der Waals surface area contributed by atoms with Crippen LogP contribution < -0.4 is 11.1 Å². The minimum absolute atomic E-state index is 0.301. The minimum atomic E-state index is -0.789. The lowest BCUT2D eigenvalue weighted by molar-refractivity contribution is 0.0658. The van der Waals surface area contributed by atoms with Gasteiger partial charge in [-0.2, -0.15) is 0 Å². The maximum Gasteiger partial charge on any atom is 0.193 e. The SMILES string of the molecule is CCC(C)(O)CN=C(N)Nc1ccccc1. The van der Waals surface area contributed by atoms with Crippen LogP contribution in [0.25, 0.3) is 0 Å². The number of rotatable bonds is 4. The van der Waals surface area contributed by atoms with Gasteiger partial charge in [-0.1, -0.05) is 25.1 Å². The first-order chi connectivity index (χ1) is 7.53. The molecule has 0 radical (unpaired) electrons.